The van der Waals surface area contributed by atoms with Crippen LogP contribution in [0.5, 0.6) is 0 Å². The number of amides is 1. The Bertz CT molecular complexity index is 1380. The zero-order valence-corrected chi connectivity index (χ0v) is 17.9. The summed E-state index contributed by atoms with van der Waals surface area (Å²) in [5.74, 6) is -0.378. The molecular formula is C22H18ClN3O3S. The van der Waals surface area contributed by atoms with Gasteiger partial charge in [-0.05, 0) is 72.8 Å². The Labute approximate surface area is 181 Å². The fraction of sp³-hybridized carbons (Fsp3) is 0.136. The smallest absolute Gasteiger partial charge is 0.325 e. The first-order valence-electron chi connectivity index (χ1n) is 9.21. The van der Waals surface area contributed by atoms with Gasteiger partial charge in [-0.3, -0.25) is 14.2 Å². The van der Waals surface area contributed by atoms with E-state index in [1.807, 2.05) is 19.9 Å². The molecule has 0 unspecified atom stereocenters. The zero-order chi connectivity index (χ0) is 21.4. The minimum absolute atomic E-state index is 0.222. The predicted molar refractivity (Wildman–Crippen MR) is 121 cm³/mol. The molecule has 6 nitrogen and oxygen atoms in total. The molecule has 4 rings (SSSR count). The second-order valence-corrected chi connectivity index (χ2v) is 8.32. The van der Waals surface area contributed by atoms with Crippen LogP contribution in [0.2, 0.25) is 5.02 Å². The lowest BCUT2D eigenvalue weighted by atomic mass is 10.1. The molecule has 152 valence electrons. The number of fused-ring (bicyclic) bond motifs is 1. The van der Waals surface area contributed by atoms with Crippen LogP contribution in [0.1, 0.15) is 11.1 Å². The van der Waals surface area contributed by atoms with E-state index in [-0.39, 0.29) is 18.0 Å². The first-order valence-corrected chi connectivity index (χ1v) is 10.5. The molecule has 0 aliphatic carbocycles. The van der Waals surface area contributed by atoms with Crippen molar-refractivity contribution in [3.8, 4) is 5.69 Å². The number of carbonyl (C=O) groups is 1. The summed E-state index contributed by atoms with van der Waals surface area (Å²) in [6, 6.07) is 13.8. The van der Waals surface area contributed by atoms with Crippen LogP contribution in [0.15, 0.2) is 63.5 Å². The molecule has 2 aromatic heterocycles. The summed E-state index contributed by atoms with van der Waals surface area (Å²) in [5.41, 5.74) is 2.59. The van der Waals surface area contributed by atoms with E-state index in [1.165, 1.54) is 15.9 Å². The fourth-order valence-electron chi connectivity index (χ4n) is 3.21. The number of thiophene rings is 1. The predicted octanol–water partition coefficient (Wildman–Crippen LogP) is 4.12. The molecule has 0 saturated heterocycles. The number of anilines is 1. The molecule has 2 heterocycles. The largest absolute Gasteiger partial charge is 0.336 e. The van der Waals surface area contributed by atoms with Gasteiger partial charge >= 0.3 is 5.69 Å². The number of carbonyl (C=O) groups excluding carboxylic acids is 1. The highest BCUT2D eigenvalue weighted by atomic mass is 35.5. The quantitative estimate of drug-likeness (QED) is 0.519. The minimum atomic E-state index is -0.555. The molecule has 2 aromatic carbocycles. The molecule has 0 aliphatic heterocycles. The summed E-state index contributed by atoms with van der Waals surface area (Å²) < 4.78 is 2.88. The molecule has 0 atom stereocenters. The number of rotatable bonds is 4. The highest BCUT2D eigenvalue weighted by Gasteiger charge is 2.18. The number of benzene rings is 2. The number of hydrogen-bond acceptors (Lipinski definition) is 4. The van der Waals surface area contributed by atoms with Gasteiger partial charge in [0.15, 0.2) is 0 Å². The minimum Gasteiger partial charge on any atom is -0.325 e. The van der Waals surface area contributed by atoms with Crippen molar-refractivity contribution < 1.29 is 4.79 Å². The molecule has 0 spiro atoms. The summed E-state index contributed by atoms with van der Waals surface area (Å²) >= 11 is 7.12. The molecule has 0 radical (unpaired) electrons. The molecule has 1 amide bonds. The first kappa shape index (κ1) is 20.1. The second-order valence-electron chi connectivity index (χ2n) is 6.97. The summed E-state index contributed by atoms with van der Waals surface area (Å²) in [6.07, 6.45) is 0. The summed E-state index contributed by atoms with van der Waals surface area (Å²) in [5, 5.41) is 5.05. The highest BCUT2D eigenvalue weighted by molar-refractivity contribution is 7.17. The Morgan fingerprint density at radius 2 is 1.77 bits per heavy atom. The summed E-state index contributed by atoms with van der Waals surface area (Å²) in [7, 11) is 0. The fourth-order valence-corrected chi connectivity index (χ4v) is 4.16. The number of halogens is 1. The topological polar surface area (TPSA) is 73.1 Å². The molecular weight excluding hydrogens is 422 g/mol. The van der Waals surface area contributed by atoms with Crippen molar-refractivity contribution in [2.75, 3.05) is 5.32 Å². The number of aromatic nitrogens is 2. The van der Waals surface area contributed by atoms with E-state index in [4.69, 9.17) is 11.6 Å². The Morgan fingerprint density at radius 1 is 1.03 bits per heavy atom. The lowest BCUT2D eigenvalue weighted by Gasteiger charge is -2.13. The van der Waals surface area contributed by atoms with Gasteiger partial charge < -0.3 is 5.32 Å². The van der Waals surface area contributed by atoms with Crippen LogP contribution in [-0.4, -0.2) is 15.0 Å². The molecule has 0 fully saturated rings. The van der Waals surface area contributed by atoms with Gasteiger partial charge in [0.25, 0.3) is 5.56 Å². The third-order valence-corrected chi connectivity index (χ3v) is 6.08. The van der Waals surface area contributed by atoms with Gasteiger partial charge in [-0.1, -0.05) is 17.7 Å². The first-order chi connectivity index (χ1) is 14.3. The van der Waals surface area contributed by atoms with Gasteiger partial charge in [-0.2, -0.15) is 0 Å². The Hall–Kier alpha value is -3.16. The lowest BCUT2D eigenvalue weighted by Crippen LogP contribution is -2.40. The Balaban J connectivity index is 1.79. The van der Waals surface area contributed by atoms with Crippen LogP contribution >= 0.6 is 22.9 Å². The number of nitrogens with one attached hydrogen (secondary N) is 1. The van der Waals surface area contributed by atoms with E-state index >= 15 is 0 Å². The molecule has 0 aliphatic rings. The van der Waals surface area contributed by atoms with Crippen molar-refractivity contribution in [1.29, 1.82) is 0 Å². The van der Waals surface area contributed by atoms with Crippen LogP contribution in [0, 0.1) is 13.8 Å². The van der Waals surface area contributed by atoms with Crippen LogP contribution in [0.3, 0.4) is 0 Å². The standard InChI is InChI=1S/C22H18ClN3O3S/c1-13-3-8-17(11-14(13)2)26-21(28)20-18(9-10-30-20)25(22(26)29)12-19(27)24-16-6-4-15(23)5-7-16/h3-11H,12H2,1-2H3,(H,24,27). The van der Waals surface area contributed by atoms with Crippen molar-refractivity contribution in [3.63, 3.8) is 0 Å². The maximum absolute atomic E-state index is 13.3. The van der Waals surface area contributed by atoms with Gasteiger partial charge in [-0.25, -0.2) is 9.36 Å². The maximum atomic E-state index is 13.3. The van der Waals surface area contributed by atoms with Crippen molar-refractivity contribution in [2.45, 2.75) is 20.4 Å². The Morgan fingerprint density at radius 3 is 2.47 bits per heavy atom. The van der Waals surface area contributed by atoms with Crippen LogP contribution in [0.25, 0.3) is 15.9 Å². The number of aryl methyl sites for hydroxylation is 2. The number of hydrogen-bond donors (Lipinski definition) is 1. The van der Waals surface area contributed by atoms with Crippen LogP contribution < -0.4 is 16.6 Å². The van der Waals surface area contributed by atoms with E-state index in [1.54, 1.807) is 47.8 Å². The summed E-state index contributed by atoms with van der Waals surface area (Å²) in [6.45, 7) is 3.66. The third kappa shape index (κ3) is 3.69. The van der Waals surface area contributed by atoms with Crippen molar-refractivity contribution in [3.05, 3.63) is 90.9 Å². The molecule has 0 bridgehead atoms. The third-order valence-electron chi connectivity index (χ3n) is 4.93. The van der Waals surface area contributed by atoms with Gasteiger partial charge in [0, 0.05) is 10.7 Å². The SMILES string of the molecule is Cc1ccc(-n2c(=O)c3sccc3n(CC(=O)Nc3ccc(Cl)cc3)c2=O)cc1C. The molecule has 4 aromatic rings. The van der Waals surface area contributed by atoms with Gasteiger partial charge in [0.05, 0.1) is 11.2 Å². The normalized spacial score (nSPS) is 11.0. The van der Waals surface area contributed by atoms with Crippen LogP contribution in [-0.2, 0) is 11.3 Å². The molecule has 1 N–H and O–H groups in total. The second kappa shape index (κ2) is 7.93. The lowest BCUT2D eigenvalue weighted by molar-refractivity contribution is -0.116. The number of nitrogens with zero attached hydrogens (tertiary/aromatic N) is 2. The Kier molecular flexibility index (Phi) is 5.32. The van der Waals surface area contributed by atoms with E-state index in [9.17, 15) is 14.4 Å². The van der Waals surface area contributed by atoms with E-state index in [0.717, 1.165) is 15.7 Å². The van der Waals surface area contributed by atoms with Gasteiger partial charge in [-0.15, -0.1) is 11.3 Å². The highest BCUT2D eigenvalue weighted by Crippen LogP contribution is 2.18. The van der Waals surface area contributed by atoms with Crippen molar-refractivity contribution in [2.24, 2.45) is 0 Å². The molecule has 0 saturated carbocycles. The molecule has 30 heavy (non-hydrogen) atoms. The molecule has 8 heteroatoms. The van der Waals surface area contributed by atoms with Crippen molar-refractivity contribution in [1.82, 2.24) is 9.13 Å². The monoisotopic (exact) mass is 439 g/mol. The zero-order valence-electron chi connectivity index (χ0n) is 16.3. The maximum Gasteiger partial charge on any atom is 0.336 e. The van der Waals surface area contributed by atoms with Crippen molar-refractivity contribution >= 4 is 44.7 Å². The van der Waals surface area contributed by atoms with Gasteiger partial charge in [0.1, 0.15) is 11.2 Å². The van der Waals surface area contributed by atoms with Gasteiger partial charge in [0.2, 0.25) is 5.91 Å². The van der Waals surface area contributed by atoms with E-state index in [2.05, 4.69) is 5.32 Å². The summed E-state index contributed by atoms with van der Waals surface area (Å²) in [4.78, 5) is 38.9. The van der Waals surface area contributed by atoms with E-state index in [0.29, 0.717) is 26.6 Å². The van der Waals surface area contributed by atoms with Crippen LogP contribution in [0.4, 0.5) is 5.69 Å². The van der Waals surface area contributed by atoms with E-state index < -0.39 is 5.69 Å². The average Bonchev–Trinajstić information content (AvgIpc) is 3.20. The average molecular weight is 440 g/mol.